The predicted octanol–water partition coefficient (Wildman–Crippen LogP) is 1.72. The van der Waals surface area contributed by atoms with Crippen LogP contribution in [0.2, 0.25) is 0 Å². The molecule has 0 bridgehead atoms. The van der Waals surface area contributed by atoms with Gasteiger partial charge in [-0.05, 0) is 18.9 Å². The van der Waals surface area contributed by atoms with E-state index >= 15 is 0 Å². The summed E-state index contributed by atoms with van der Waals surface area (Å²) in [6.07, 6.45) is 4.88. The van der Waals surface area contributed by atoms with E-state index in [0.29, 0.717) is 5.75 Å². The molecule has 1 N–H and O–H groups in total. The first-order valence-corrected chi connectivity index (χ1v) is 6.92. The number of carboxylic acid groups (broad SMARTS) is 1. The van der Waals surface area contributed by atoms with Crippen LogP contribution in [-0.4, -0.2) is 33.7 Å². The van der Waals surface area contributed by atoms with E-state index in [1.54, 1.807) is 18.6 Å². The van der Waals surface area contributed by atoms with E-state index < -0.39 is 12.0 Å². The standard InChI is InChI=1S/C12H13NO4S/c14-10(7-1-2-7)13-9(12(15)16)6-18-11(13)8-3-4-17-5-8/h3-5,7,9,11H,1-2,6H2,(H,15,16)/t9-,11+/m1/s1. The number of carbonyl (C=O) groups is 2. The first kappa shape index (κ1) is 11.6. The molecule has 2 atom stereocenters. The summed E-state index contributed by atoms with van der Waals surface area (Å²) in [5.41, 5.74) is 0.859. The summed E-state index contributed by atoms with van der Waals surface area (Å²) in [6.45, 7) is 0. The van der Waals surface area contributed by atoms with Gasteiger partial charge in [0.1, 0.15) is 11.4 Å². The van der Waals surface area contributed by atoms with Crippen molar-refractivity contribution in [2.24, 2.45) is 5.92 Å². The average molecular weight is 267 g/mol. The number of thioether (sulfide) groups is 1. The second-order valence-corrected chi connectivity index (χ2v) is 5.73. The highest BCUT2D eigenvalue weighted by Gasteiger charge is 2.46. The molecule has 1 aromatic heterocycles. The van der Waals surface area contributed by atoms with Crippen molar-refractivity contribution in [2.45, 2.75) is 24.3 Å². The maximum absolute atomic E-state index is 12.2. The molecule has 2 fully saturated rings. The Morgan fingerprint density at radius 2 is 2.22 bits per heavy atom. The van der Waals surface area contributed by atoms with Crippen LogP contribution in [0.4, 0.5) is 0 Å². The van der Waals surface area contributed by atoms with E-state index in [0.717, 1.165) is 18.4 Å². The number of furan rings is 1. The Bertz CT molecular complexity index is 468. The van der Waals surface area contributed by atoms with Gasteiger partial charge in [0.05, 0.1) is 12.5 Å². The zero-order valence-corrected chi connectivity index (χ0v) is 10.4. The van der Waals surface area contributed by atoms with Gasteiger partial charge in [-0.1, -0.05) is 0 Å². The van der Waals surface area contributed by atoms with Gasteiger partial charge in [-0.15, -0.1) is 11.8 Å². The van der Waals surface area contributed by atoms with Crippen LogP contribution in [-0.2, 0) is 9.59 Å². The number of nitrogens with zero attached hydrogens (tertiary/aromatic N) is 1. The SMILES string of the molecule is O=C(O)[C@H]1CS[C@@H](c2ccoc2)N1C(=O)C1CC1. The fourth-order valence-electron chi connectivity index (χ4n) is 2.18. The summed E-state index contributed by atoms with van der Waals surface area (Å²) in [6, 6.07) is 1.07. The summed E-state index contributed by atoms with van der Waals surface area (Å²) in [5, 5.41) is 9.00. The summed E-state index contributed by atoms with van der Waals surface area (Å²) in [7, 11) is 0. The molecule has 0 unspecified atom stereocenters. The highest BCUT2D eigenvalue weighted by Crippen LogP contribution is 2.45. The number of carbonyl (C=O) groups excluding carboxylic acids is 1. The predicted molar refractivity (Wildman–Crippen MR) is 64.9 cm³/mol. The van der Waals surface area contributed by atoms with E-state index in [-0.39, 0.29) is 17.2 Å². The van der Waals surface area contributed by atoms with E-state index in [9.17, 15) is 14.7 Å². The minimum absolute atomic E-state index is 0.0277. The Labute approximate surface area is 108 Å². The van der Waals surface area contributed by atoms with Crippen LogP contribution in [0.15, 0.2) is 23.0 Å². The molecule has 1 saturated carbocycles. The van der Waals surface area contributed by atoms with Crippen molar-refractivity contribution in [3.63, 3.8) is 0 Å². The highest BCUT2D eigenvalue weighted by atomic mass is 32.2. The van der Waals surface area contributed by atoms with Gasteiger partial charge in [0.15, 0.2) is 0 Å². The van der Waals surface area contributed by atoms with Crippen LogP contribution in [0, 0.1) is 5.92 Å². The molecule has 1 aromatic rings. The Kier molecular flexibility index (Phi) is 2.81. The van der Waals surface area contributed by atoms with Crippen molar-refractivity contribution in [3.8, 4) is 0 Å². The first-order valence-electron chi connectivity index (χ1n) is 5.87. The minimum Gasteiger partial charge on any atom is -0.480 e. The first-order chi connectivity index (χ1) is 8.68. The second-order valence-electron chi connectivity index (χ2n) is 4.62. The number of hydrogen-bond acceptors (Lipinski definition) is 4. The molecule has 18 heavy (non-hydrogen) atoms. The van der Waals surface area contributed by atoms with E-state index in [2.05, 4.69) is 0 Å². The largest absolute Gasteiger partial charge is 0.480 e. The number of carboxylic acids is 1. The van der Waals surface area contributed by atoms with Crippen LogP contribution >= 0.6 is 11.8 Å². The monoisotopic (exact) mass is 267 g/mol. The van der Waals surface area contributed by atoms with Gasteiger partial charge in [0.2, 0.25) is 5.91 Å². The molecular formula is C12H13NO4S. The third-order valence-corrected chi connectivity index (χ3v) is 4.62. The molecule has 0 radical (unpaired) electrons. The Morgan fingerprint density at radius 3 is 2.78 bits per heavy atom. The maximum Gasteiger partial charge on any atom is 0.327 e. The molecule has 96 valence electrons. The van der Waals surface area contributed by atoms with Crippen molar-refractivity contribution < 1.29 is 19.1 Å². The minimum atomic E-state index is -0.928. The maximum atomic E-state index is 12.2. The van der Waals surface area contributed by atoms with Crippen molar-refractivity contribution in [1.29, 1.82) is 0 Å². The lowest BCUT2D eigenvalue weighted by Gasteiger charge is -2.26. The molecule has 1 aliphatic heterocycles. The summed E-state index contributed by atoms with van der Waals surface area (Å²) in [4.78, 5) is 25.0. The van der Waals surface area contributed by atoms with Gasteiger partial charge in [0, 0.05) is 17.2 Å². The lowest BCUT2D eigenvalue weighted by molar-refractivity contribution is -0.149. The molecule has 0 spiro atoms. The topological polar surface area (TPSA) is 70.8 Å². The molecule has 2 aliphatic rings. The second kappa shape index (κ2) is 4.35. The normalized spacial score (nSPS) is 27.4. The Hall–Kier alpha value is -1.43. The van der Waals surface area contributed by atoms with Crippen LogP contribution in [0.3, 0.4) is 0 Å². The summed E-state index contributed by atoms with van der Waals surface area (Å²) in [5.74, 6) is -0.495. The van der Waals surface area contributed by atoms with Crippen LogP contribution in [0.25, 0.3) is 0 Å². The van der Waals surface area contributed by atoms with Crippen LogP contribution < -0.4 is 0 Å². The fraction of sp³-hybridized carbons (Fsp3) is 0.500. The molecular weight excluding hydrogens is 254 g/mol. The molecule has 5 nitrogen and oxygen atoms in total. The molecule has 1 aliphatic carbocycles. The number of rotatable bonds is 3. The van der Waals surface area contributed by atoms with E-state index in [1.807, 2.05) is 0 Å². The van der Waals surface area contributed by atoms with Crippen molar-refractivity contribution in [1.82, 2.24) is 4.90 Å². The zero-order valence-electron chi connectivity index (χ0n) is 9.61. The molecule has 1 amide bonds. The van der Waals surface area contributed by atoms with Gasteiger partial charge in [-0.2, -0.15) is 0 Å². The summed E-state index contributed by atoms with van der Waals surface area (Å²) >= 11 is 1.48. The third-order valence-electron chi connectivity index (χ3n) is 3.29. The van der Waals surface area contributed by atoms with Crippen LogP contribution in [0.1, 0.15) is 23.8 Å². The lowest BCUT2D eigenvalue weighted by Crippen LogP contribution is -2.43. The van der Waals surface area contributed by atoms with Crippen molar-refractivity contribution >= 4 is 23.6 Å². The molecule has 1 saturated heterocycles. The molecule has 2 heterocycles. The average Bonchev–Trinajstić information content (AvgIpc) is 2.90. The van der Waals surface area contributed by atoms with Gasteiger partial charge in [-0.3, -0.25) is 4.79 Å². The van der Waals surface area contributed by atoms with Gasteiger partial charge in [0.25, 0.3) is 0 Å². The molecule has 0 aromatic carbocycles. The van der Waals surface area contributed by atoms with Crippen molar-refractivity contribution in [3.05, 3.63) is 24.2 Å². The van der Waals surface area contributed by atoms with E-state index in [4.69, 9.17) is 4.42 Å². The number of amides is 1. The lowest BCUT2D eigenvalue weighted by atomic mass is 10.2. The molecule has 6 heteroatoms. The Morgan fingerprint density at radius 1 is 1.44 bits per heavy atom. The number of aliphatic carboxylic acids is 1. The quantitative estimate of drug-likeness (QED) is 0.902. The Balaban J connectivity index is 1.89. The van der Waals surface area contributed by atoms with Gasteiger partial charge in [-0.25, -0.2) is 4.79 Å². The number of hydrogen-bond donors (Lipinski definition) is 1. The van der Waals surface area contributed by atoms with Gasteiger partial charge < -0.3 is 14.4 Å². The van der Waals surface area contributed by atoms with E-state index in [1.165, 1.54) is 16.7 Å². The summed E-state index contributed by atoms with van der Waals surface area (Å²) < 4.78 is 5.03. The third kappa shape index (κ3) is 1.90. The van der Waals surface area contributed by atoms with Crippen LogP contribution in [0.5, 0.6) is 0 Å². The molecule has 3 rings (SSSR count). The zero-order chi connectivity index (χ0) is 12.7. The fourth-order valence-corrected chi connectivity index (χ4v) is 3.58. The van der Waals surface area contributed by atoms with Gasteiger partial charge >= 0.3 is 5.97 Å². The highest BCUT2D eigenvalue weighted by molar-refractivity contribution is 7.99. The smallest absolute Gasteiger partial charge is 0.327 e. The van der Waals surface area contributed by atoms with Crippen molar-refractivity contribution in [2.75, 3.05) is 5.75 Å².